The number of piperidine rings is 1. The van der Waals surface area contributed by atoms with Gasteiger partial charge in [0.1, 0.15) is 5.69 Å². The first kappa shape index (κ1) is 15.5. The molecular weight excluding hydrogens is 290 g/mol. The maximum absolute atomic E-state index is 12.1. The van der Waals surface area contributed by atoms with Crippen molar-refractivity contribution in [3.63, 3.8) is 0 Å². The van der Waals surface area contributed by atoms with Gasteiger partial charge in [-0.05, 0) is 30.5 Å². The second-order valence-corrected chi connectivity index (χ2v) is 5.95. The van der Waals surface area contributed by atoms with Crippen molar-refractivity contribution in [1.82, 2.24) is 15.2 Å². The number of likely N-dealkylation sites (tertiary alicyclic amines) is 1. The fourth-order valence-electron chi connectivity index (χ4n) is 2.95. The number of nitrogens with one attached hydrogen (secondary N) is 2. The van der Waals surface area contributed by atoms with E-state index in [4.69, 9.17) is 0 Å². The minimum Gasteiger partial charge on any atom is -0.348 e. The Kier molecular flexibility index (Phi) is 4.88. The molecule has 1 amide bonds. The molecule has 1 aromatic carbocycles. The molecule has 1 aliphatic rings. The second kappa shape index (κ2) is 7.24. The SMILES string of the molecule is O=Cc1ccc(C(=O)NC2CCN(Cc3ccccc3)CC2)[nH]1. The van der Waals surface area contributed by atoms with Crippen LogP contribution in [0.25, 0.3) is 0 Å². The minimum atomic E-state index is -0.139. The number of amides is 1. The zero-order chi connectivity index (χ0) is 16.1. The van der Waals surface area contributed by atoms with Gasteiger partial charge in [0.2, 0.25) is 0 Å². The molecule has 1 aliphatic heterocycles. The Hall–Kier alpha value is -2.40. The molecule has 5 nitrogen and oxygen atoms in total. The van der Waals surface area contributed by atoms with E-state index >= 15 is 0 Å². The van der Waals surface area contributed by atoms with Crippen LogP contribution < -0.4 is 5.32 Å². The molecule has 0 unspecified atom stereocenters. The molecule has 2 aromatic rings. The molecule has 0 aliphatic carbocycles. The summed E-state index contributed by atoms with van der Waals surface area (Å²) in [5, 5.41) is 3.04. The summed E-state index contributed by atoms with van der Waals surface area (Å²) in [6.45, 7) is 2.91. The number of hydrogen-bond donors (Lipinski definition) is 2. The molecule has 1 aromatic heterocycles. The third kappa shape index (κ3) is 4.07. The average molecular weight is 311 g/mol. The Morgan fingerprint density at radius 2 is 1.91 bits per heavy atom. The van der Waals surface area contributed by atoms with Gasteiger partial charge in [-0.25, -0.2) is 0 Å². The van der Waals surface area contributed by atoms with E-state index in [1.165, 1.54) is 5.56 Å². The maximum Gasteiger partial charge on any atom is 0.267 e. The predicted octanol–water partition coefficient (Wildman–Crippen LogP) is 2.22. The van der Waals surface area contributed by atoms with Crippen molar-refractivity contribution < 1.29 is 9.59 Å². The molecule has 5 heteroatoms. The smallest absolute Gasteiger partial charge is 0.267 e. The summed E-state index contributed by atoms with van der Waals surface area (Å²) in [7, 11) is 0. The van der Waals surface area contributed by atoms with E-state index < -0.39 is 0 Å². The lowest BCUT2D eigenvalue weighted by molar-refractivity contribution is 0.0904. The van der Waals surface area contributed by atoms with E-state index in [0.717, 1.165) is 32.5 Å². The minimum absolute atomic E-state index is 0.139. The van der Waals surface area contributed by atoms with E-state index in [-0.39, 0.29) is 11.9 Å². The molecule has 0 atom stereocenters. The van der Waals surface area contributed by atoms with Crippen LogP contribution in [0.2, 0.25) is 0 Å². The van der Waals surface area contributed by atoms with Gasteiger partial charge >= 0.3 is 0 Å². The Labute approximate surface area is 135 Å². The summed E-state index contributed by atoms with van der Waals surface area (Å²) in [6.07, 6.45) is 2.60. The number of carbonyl (C=O) groups excluding carboxylic acids is 2. The van der Waals surface area contributed by atoms with Gasteiger partial charge in [-0.1, -0.05) is 30.3 Å². The van der Waals surface area contributed by atoms with Crippen LogP contribution >= 0.6 is 0 Å². The highest BCUT2D eigenvalue weighted by molar-refractivity contribution is 5.93. The molecule has 0 radical (unpaired) electrons. The number of H-pyrrole nitrogens is 1. The lowest BCUT2D eigenvalue weighted by Crippen LogP contribution is -2.44. The summed E-state index contributed by atoms with van der Waals surface area (Å²) < 4.78 is 0. The second-order valence-electron chi connectivity index (χ2n) is 5.95. The molecule has 0 saturated carbocycles. The Bertz CT molecular complexity index is 658. The van der Waals surface area contributed by atoms with Crippen molar-refractivity contribution in [1.29, 1.82) is 0 Å². The zero-order valence-corrected chi connectivity index (χ0v) is 13.0. The normalized spacial score (nSPS) is 16.2. The highest BCUT2D eigenvalue weighted by Gasteiger charge is 2.21. The monoisotopic (exact) mass is 311 g/mol. The number of benzene rings is 1. The van der Waals surface area contributed by atoms with Crippen LogP contribution in [-0.4, -0.2) is 41.2 Å². The highest BCUT2D eigenvalue weighted by Crippen LogP contribution is 2.14. The van der Waals surface area contributed by atoms with Crippen LogP contribution in [0.1, 0.15) is 39.4 Å². The molecule has 0 bridgehead atoms. The summed E-state index contributed by atoms with van der Waals surface area (Å²) in [4.78, 5) is 28.0. The molecule has 23 heavy (non-hydrogen) atoms. The van der Waals surface area contributed by atoms with E-state index in [1.54, 1.807) is 12.1 Å². The number of hydrogen-bond acceptors (Lipinski definition) is 3. The van der Waals surface area contributed by atoms with Crippen LogP contribution in [-0.2, 0) is 6.54 Å². The van der Waals surface area contributed by atoms with Crippen molar-refractivity contribution in [2.24, 2.45) is 0 Å². The van der Waals surface area contributed by atoms with Crippen molar-refractivity contribution >= 4 is 12.2 Å². The third-order valence-electron chi connectivity index (χ3n) is 4.25. The number of aldehydes is 1. The van der Waals surface area contributed by atoms with E-state index in [9.17, 15) is 9.59 Å². The van der Waals surface area contributed by atoms with Crippen LogP contribution in [0.5, 0.6) is 0 Å². The van der Waals surface area contributed by atoms with Crippen LogP contribution in [0, 0.1) is 0 Å². The number of aromatic amines is 1. The van der Waals surface area contributed by atoms with E-state index in [0.29, 0.717) is 17.7 Å². The summed E-state index contributed by atoms with van der Waals surface area (Å²) in [5.74, 6) is -0.139. The zero-order valence-electron chi connectivity index (χ0n) is 13.0. The lowest BCUT2D eigenvalue weighted by atomic mass is 10.0. The molecular formula is C18H21N3O2. The van der Waals surface area contributed by atoms with Crippen molar-refractivity contribution in [3.05, 3.63) is 59.4 Å². The fourth-order valence-corrected chi connectivity index (χ4v) is 2.95. The number of carbonyl (C=O) groups is 2. The van der Waals surface area contributed by atoms with Gasteiger partial charge in [0.15, 0.2) is 6.29 Å². The van der Waals surface area contributed by atoms with Crippen molar-refractivity contribution in [3.8, 4) is 0 Å². The molecule has 0 spiro atoms. The molecule has 120 valence electrons. The van der Waals surface area contributed by atoms with Crippen LogP contribution in [0.15, 0.2) is 42.5 Å². The van der Waals surface area contributed by atoms with Gasteiger partial charge < -0.3 is 10.3 Å². The van der Waals surface area contributed by atoms with E-state index in [1.807, 2.05) is 6.07 Å². The van der Waals surface area contributed by atoms with E-state index in [2.05, 4.69) is 39.5 Å². The number of nitrogens with zero attached hydrogens (tertiary/aromatic N) is 1. The number of rotatable bonds is 5. The first-order valence-corrected chi connectivity index (χ1v) is 7.96. The average Bonchev–Trinajstić information content (AvgIpc) is 3.07. The molecule has 2 N–H and O–H groups in total. The molecule has 1 saturated heterocycles. The van der Waals surface area contributed by atoms with Crippen molar-refractivity contribution in [2.45, 2.75) is 25.4 Å². The number of aromatic nitrogens is 1. The molecule has 3 rings (SSSR count). The topological polar surface area (TPSA) is 65.2 Å². The molecule has 1 fully saturated rings. The Balaban J connectivity index is 1.47. The van der Waals surface area contributed by atoms with Crippen molar-refractivity contribution in [2.75, 3.05) is 13.1 Å². The van der Waals surface area contributed by atoms with Crippen LogP contribution in [0.4, 0.5) is 0 Å². The Morgan fingerprint density at radius 1 is 1.17 bits per heavy atom. The lowest BCUT2D eigenvalue weighted by Gasteiger charge is -2.32. The first-order chi connectivity index (χ1) is 11.2. The van der Waals surface area contributed by atoms with Gasteiger partial charge in [-0.2, -0.15) is 0 Å². The van der Waals surface area contributed by atoms with Gasteiger partial charge in [-0.15, -0.1) is 0 Å². The first-order valence-electron chi connectivity index (χ1n) is 7.96. The quantitative estimate of drug-likeness (QED) is 0.832. The standard InChI is InChI=1S/C18H21N3O2/c22-13-16-6-7-17(19-16)18(23)20-15-8-10-21(11-9-15)12-14-4-2-1-3-5-14/h1-7,13,15,19H,8-12H2,(H,20,23). The summed E-state index contributed by atoms with van der Waals surface area (Å²) in [6, 6.07) is 13.9. The van der Waals surface area contributed by atoms with Gasteiger partial charge in [0.25, 0.3) is 5.91 Å². The Morgan fingerprint density at radius 3 is 2.57 bits per heavy atom. The van der Waals surface area contributed by atoms with Gasteiger partial charge in [0, 0.05) is 25.7 Å². The summed E-state index contributed by atoms with van der Waals surface area (Å²) in [5.41, 5.74) is 2.19. The van der Waals surface area contributed by atoms with Gasteiger partial charge in [0.05, 0.1) is 5.69 Å². The van der Waals surface area contributed by atoms with Gasteiger partial charge in [-0.3, -0.25) is 14.5 Å². The summed E-state index contributed by atoms with van der Waals surface area (Å²) >= 11 is 0. The molecule has 2 heterocycles. The predicted molar refractivity (Wildman–Crippen MR) is 88.4 cm³/mol. The fraction of sp³-hybridized carbons (Fsp3) is 0.333. The largest absolute Gasteiger partial charge is 0.348 e. The third-order valence-corrected chi connectivity index (χ3v) is 4.25. The van der Waals surface area contributed by atoms with Crippen LogP contribution in [0.3, 0.4) is 0 Å². The maximum atomic E-state index is 12.1. The highest BCUT2D eigenvalue weighted by atomic mass is 16.2.